The molecule has 0 aliphatic rings. The molecule has 0 radical (unpaired) electrons. The Bertz CT molecular complexity index is 476. The van der Waals surface area contributed by atoms with Crippen LogP contribution in [0.1, 0.15) is 91.0 Å². The third-order valence-corrected chi connectivity index (χ3v) is 6.02. The first kappa shape index (κ1) is 24.9. The SMILES string of the molecule is C=C(CC(NCC(CC)CCCC)NCC(CC)CCCC)c1ccccc1. The van der Waals surface area contributed by atoms with Crippen molar-refractivity contribution in [1.29, 1.82) is 0 Å². The summed E-state index contributed by atoms with van der Waals surface area (Å²) in [6.45, 7) is 15.8. The van der Waals surface area contributed by atoms with Gasteiger partial charge < -0.3 is 10.6 Å². The van der Waals surface area contributed by atoms with Gasteiger partial charge in [0.1, 0.15) is 0 Å². The van der Waals surface area contributed by atoms with Crippen molar-refractivity contribution in [3.8, 4) is 0 Å². The topological polar surface area (TPSA) is 24.1 Å². The molecule has 0 aliphatic heterocycles. The minimum atomic E-state index is 0.305. The molecule has 0 saturated carbocycles. The van der Waals surface area contributed by atoms with Gasteiger partial charge in [-0.3, -0.25) is 0 Å². The number of hydrogen-bond acceptors (Lipinski definition) is 2. The number of hydrogen-bond donors (Lipinski definition) is 2. The van der Waals surface area contributed by atoms with E-state index in [0.717, 1.165) is 31.3 Å². The summed E-state index contributed by atoms with van der Waals surface area (Å²) in [6, 6.07) is 10.6. The summed E-state index contributed by atoms with van der Waals surface area (Å²) >= 11 is 0. The van der Waals surface area contributed by atoms with Crippen LogP contribution in [0.2, 0.25) is 0 Å². The zero-order valence-corrected chi connectivity index (χ0v) is 19.1. The highest BCUT2D eigenvalue weighted by atomic mass is 15.1. The van der Waals surface area contributed by atoms with Crippen LogP contribution in [0.5, 0.6) is 0 Å². The molecule has 2 unspecified atom stereocenters. The molecule has 0 spiro atoms. The maximum atomic E-state index is 4.38. The van der Waals surface area contributed by atoms with Crippen LogP contribution in [0.3, 0.4) is 0 Å². The van der Waals surface area contributed by atoms with Gasteiger partial charge in [-0.2, -0.15) is 0 Å². The van der Waals surface area contributed by atoms with Gasteiger partial charge in [-0.05, 0) is 48.9 Å². The summed E-state index contributed by atoms with van der Waals surface area (Å²) in [5.41, 5.74) is 2.47. The predicted molar refractivity (Wildman–Crippen MR) is 126 cm³/mol. The third-order valence-electron chi connectivity index (χ3n) is 6.02. The molecule has 2 nitrogen and oxygen atoms in total. The van der Waals surface area contributed by atoms with Gasteiger partial charge in [-0.15, -0.1) is 0 Å². The Balaban J connectivity index is 2.65. The van der Waals surface area contributed by atoms with E-state index in [4.69, 9.17) is 0 Å². The fraction of sp³-hybridized carbons (Fsp3) is 0.692. The average molecular weight is 387 g/mol. The van der Waals surface area contributed by atoms with E-state index in [1.54, 1.807) is 0 Å². The highest BCUT2D eigenvalue weighted by Gasteiger charge is 2.15. The van der Waals surface area contributed by atoms with Gasteiger partial charge in [0.15, 0.2) is 0 Å². The molecule has 0 fully saturated rings. The molecule has 160 valence electrons. The molecule has 1 aromatic rings. The number of nitrogens with one attached hydrogen (secondary N) is 2. The molecule has 0 aromatic heterocycles. The minimum absolute atomic E-state index is 0.305. The van der Waals surface area contributed by atoms with E-state index in [1.165, 1.54) is 62.5 Å². The maximum Gasteiger partial charge on any atom is 0.0613 e. The van der Waals surface area contributed by atoms with Crippen molar-refractivity contribution in [2.24, 2.45) is 11.8 Å². The highest BCUT2D eigenvalue weighted by molar-refractivity contribution is 5.63. The van der Waals surface area contributed by atoms with E-state index in [2.05, 4.69) is 75.2 Å². The highest BCUT2D eigenvalue weighted by Crippen LogP contribution is 2.19. The second kappa shape index (κ2) is 15.8. The Hall–Kier alpha value is -1.12. The van der Waals surface area contributed by atoms with Crippen LogP contribution in [0, 0.1) is 11.8 Å². The molecule has 1 rings (SSSR count). The lowest BCUT2D eigenvalue weighted by molar-refractivity contribution is 0.329. The number of unbranched alkanes of at least 4 members (excludes halogenated alkanes) is 2. The van der Waals surface area contributed by atoms with Gasteiger partial charge in [0.05, 0.1) is 6.17 Å². The van der Waals surface area contributed by atoms with Crippen LogP contribution in [0.15, 0.2) is 36.9 Å². The third kappa shape index (κ3) is 10.4. The predicted octanol–water partition coefficient (Wildman–Crippen LogP) is 7.03. The van der Waals surface area contributed by atoms with E-state index in [-0.39, 0.29) is 0 Å². The normalized spacial score (nSPS) is 14.6. The lowest BCUT2D eigenvalue weighted by atomic mass is 9.97. The van der Waals surface area contributed by atoms with Gasteiger partial charge in [0.25, 0.3) is 0 Å². The van der Waals surface area contributed by atoms with Crippen molar-refractivity contribution in [2.75, 3.05) is 13.1 Å². The Labute approximate surface area is 175 Å². The lowest BCUT2D eigenvalue weighted by Crippen LogP contribution is -2.46. The molecule has 0 amide bonds. The van der Waals surface area contributed by atoms with E-state index < -0.39 is 0 Å². The molecule has 2 heteroatoms. The molecule has 0 aliphatic carbocycles. The van der Waals surface area contributed by atoms with Gasteiger partial charge in [-0.25, -0.2) is 0 Å². The fourth-order valence-corrected chi connectivity index (χ4v) is 3.76. The van der Waals surface area contributed by atoms with Crippen LogP contribution in [-0.2, 0) is 0 Å². The van der Waals surface area contributed by atoms with E-state index in [1.807, 2.05) is 0 Å². The molecule has 2 atom stereocenters. The van der Waals surface area contributed by atoms with Crippen molar-refractivity contribution in [2.45, 2.75) is 91.6 Å². The minimum Gasteiger partial charge on any atom is -0.301 e. The summed E-state index contributed by atoms with van der Waals surface area (Å²) in [6.07, 6.45) is 11.7. The second-order valence-electron chi connectivity index (χ2n) is 8.38. The molecule has 2 N–H and O–H groups in total. The van der Waals surface area contributed by atoms with Crippen LogP contribution in [-0.4, -0.2) is 19.3 Å². The second-order valence-corrected chi connectivity index (χ2v) is 8.38. The molecule has 0 saturated heterocycles. The molecule has 28 heavy (non-hydrogen) atoms. The zero-order valence-electron chi connectivity index (χ0n) is 19.1. The van der Waals surface area contributed by atoms with Crippen molar-refractivity contribution in [3.63, 3.8) is 0 Å². The van der Waals surface area contributed by atoms with Gasteiger partial charge in [0, 0.05) is 6.42 Å². The zero-order chi connectivity index (χ0) is 20.6. The van der Waals surface area contributed by atoms with Crippen LogP contribution in [0.25, 0.3) is 5.57 Å². The lowest BCUT2D eigenvalue weighted by Gasteiger charge is -2.26. The summed E-state index contributed by atoms with van der Waals surface area (Å²) in [4.78, 5) is 0. The Morgan fingerprint density at radius 1 is 0.821 bits per heavy atom. The van der Waals surface area contributed by atoms with E-state index in [0.29, 0.717) is 6.17 Å². The molecule has 0 heterocycles. The first-order valence-electron chi connectivity index (χ1n) is 11.8. The first-order valence-corrected chi connectivity index (χ1v) is 11.8. The molecular formula is C26H46N2. The maximum absolute atomic E-state index is 4.38. The average Bonchev–Trinajstić information content (AvgIpc) is 2.74. The van der Waals surface area contributed by atoms with Crippen molar-refractivity contribution < 1.29 is 0 Å². The monoisotopic (exact) mass is 386 g/mol. The summed E-state index contributed by atoms with van der Waals surface area (Å²) < 4.78 is 0. The Morgan fingerprint density at radius 3 is 1.75 bits per heavy atom. The smallest absolute Gasteiger partial charge is 0.0613 e. The largest absolute Gasteiger partial charge is 0.301 e. The summed E-state index contributed by atoms with van der Waals surface area (Å²) in [5, 5.41) is 7.69. The standard InChI is InChI=1S/C26H46N2/c1-6-10-15-23(8-3)20-27-26(28-21-24(9-4)16-11-7-2)19-22(5)25-17-13-12-14-18-25/h12-14,17-18,23-24,26-28H,5-11,15-16,19-21H2,1-4H3. The molecular weight excluding hydrogens is 340 g/mol. The van der Waals surface area contributed by atoms with E-state index >= 15 is 0 Å². The quantitative estimate of drug-likeness (QED) is 0.281. The van der Waals surface area contributed by atoms with Gasteiger partial charge >= 0.3 is 0 Å². The van der Waals surface area contributed by atoms with Crippen molar-refractivity contribution in [1.82, 2.24) is 10.6 Å². The molecule has 0 bridgehead atoms. The summed E-state index contributed by atoms with van der Waals surface area (Å²) in [5.74, 6) is 1.55. The van der Waals surface area contributed by atoms with Crippen molar-refractivity contribution in [3.05, 3.63) is 42.5 Å². The van der Waals surface area contributed by atoms with Crippen molar-refractivity contribution >= 4 is 5.57 Å². The molecule has 1 aromatic carbocycles. The first-order chi connectivity index (χ1) is 13.6. The van der Waals surface area contributed by atoms with E-state index in [9.17, 15) is 0 Å². The number of rotatable bonds is 17. The van der Waals surface area contributed by atoms with Crippen LogP contribution in [0.4, 0.5) is 0 Å². The van der Waals surface area contributed by atoms with Crippen LogP contribution < -0.4 is 10.6 Å². The fourth-order valence-electron chi connectivity index (χ4n) is 3.76. The Morgan fingerprint density at radius 2 is 1.32 bits per heavy atom. The summed E-state index contributed by atoms with van der Waals surface area (Å²) in [7, 11) is 0. The van der Waals surface area contributed by atoms with Crippen LogP contribution >= 0.6 is 0 Å². The van der Waals surface area contributed by atoms with Gasteiger partial charge in [-0.1, -0.05) is 103 Å². The van der Waals surface area contributed by atoms with Gasteiger partial charge in [0.2, 0.25) is 0 Å². The Kier molecular flexibility index (Phi) is 14.0. The number of benzene rings is 1.